The first-order valence-corrected chi connectivity index (χ1v) is 2.19. The summed E-state index contributed by atoms with van der Waals surface area (Å²) in [5, 5.41) is 6.40. The number of amides is 2. The molecule has 0 aromatic carbocycles. The third kappa shape index (κ3) is 0.987. The van der Waals surface area contributed by atoms with Crippen LogP contribution in [0.15, 0.2) is 27.5 Å². The zero-order valence-corrected chi connectivity index (χ0v) is 4.53. The van der Waals surface area contributed by atoms with Crippen molar-refractivity contribution < 1.29 is 4.79 Å². The first-order chi connectivity index (χ1) is 4.20. The molecule has 0 atom stereocenters. The Kier molecular flexibility index (Phi) is 1.11. The standard InChI is InChI=1S/C4H4N4O/c1-2-3(5)6-4(9)8-7-2/h1H2,(H2,5,6,9). The third-order valence-corrected chi connectivity index (χ3v) is 0.768. The van der Waals surface area contributed by atoms with E-state index >= 15 is 0 Å². The minimum atomic E-state index is -0.681. The molecule has 0 saturated heterocycles. The van der Waals surface area contributed by atoms with Crippen molar-refractivity contribution in [2.75, 3.05) is 0 Å². The van der Waals surface area contributed by atoms with Crippen LogP contribution in [0.1, 0.15) is 0 Å². The van der Waals surface area contributed by atoms with Gasteiger partial charge in [0.15, 0.2) is 5.84 Å². The maximum Gasteiger partial charge on any atom is 0.387 e. The maximum atomic E-state index is 10.2. The van der Waals surface area contributed by atoms with Gasteiger partial charge in [-0.3, -0.25) is 0 Å². The summed E-state index contributed by atoms with van der Waals surface area (Å²) >= 11 is 0. The fraction of sp³-hybridized carbons (Fsp3) is 0. The van der Waals surface area contributed by atoms with Gasteiger partial charge in [-0.2, -0.15) is 4.99 Å². The van der Waals surface area contributed by atoms with Crippen molar-refractivity contribution in [3.63, 3.8) is 0 Å². The Bertz CT molecular complexity index is 227. The molecule has 0 aliphatic carbocycles. The molecule has 0 bridgehead atoms. The number of nitrogens with two attached hydrogens (primary N) is 1. The number of aliphatic imine (C=N–C) groups is 1. The van der Waals surface area contributed by atoms with Crippen molar-refractivity contribution in [3.05, 3.63) is 12.3 Å². The van der Waals surface area contributed by atoms with Crippen molar-refractivity contribution in [2.45, 2.75) is 0 Å². The molecule has 0 unspecified atom stereocenters. The third-order valence-electron chi connectivity index (χ3n) is 0.768. The lowest BCUT2D eigenvalue weighted by Gasteiger charge is -1.98. The molecule has 0 saturated carbocycles. The average molecular weight is 124 g/mol. The van der Waals surface area contributed by atoms with Gasteiger partial charge in [0.2, 0.25) is 0 Å². The van der Waals surface area contributed by atoms with Gasteiger partial charge < -0.3 is 5.73 Å². The number of hydrogen-bond acceptors (Lipinski definition) is 3. The van der Waals surface area contributed by atoms with Crippen molar-refractivity contribution in [1.82, 2.24) is 0 Å². The van der Waals surface area contributed by atoms with Crippen LogP contribution < -0.4 is 5.73 Å². The van der Waals surface area contributed by atoms with Gasteiger partial charge in [0.1, 0.15) is 5.70 Å². The minimum absolute atomic E-state index is 0.0370. The van der Waals surface area contributed by atoms with Gasteiger partial charge >= 0.3 is 6.03 Å². The average Bonchev–Trinajstić information content (AvgIpc) is 1.80. The molecule has 5 nitrogen and oxygen atoms in total. The number of carbonyl (C=O) groups is 1. The van der Waals surface area contributed by atoms with E-state index in [1.807, 2.05) is 0 Å². The number of carbonyl (C=O) groups excluding carboxylic acids is 1. The Labute approximate surface area is 51.0 Å². The van der Waals surface area contributed by atoms with Crippen molar-refractivity contribution in [3.8, 4) is 0 Å². The number of amidine groups is 1. The van der Waals surface area contributed by atoms with Crippen LogP contribution >= 0.6 is 0 Å². The predicted octanol–water partition coefficient (Wildman–Crippen LogP) is 0.443. The van der Waals surface area contributed by atoms with Gasteiger partial charge in [0.05, 0.1) is 0 Å². The highest BCUT2D eigenvalue weighted by Gasteiger charge is 2.07. The molecule has 0 radical (unpaired) electrons. The number of rotatable bonds is 0. The van der Waals surface area contributed by atoms with E-state index in [1.54, 1.807) is 0 Å². The van der Waals surface area contributed by atoms with Crippen LogP contribution in [0.2, 0.25) is 0 Å². The molecule has 1 aliphatic rings. The van der Waals surface area contributed by atoms with E-state index in [9.17, 15) is 4.79 Å². The van der Waals surface area contributed by atoms with Gasteiger partial charge in [-0.25, -0.2) is 4.79 Å². The van der Waals surface area contributed by atoms with E-state index in [-0.39, 0.29) is 11.5 Å². The summed E-state index contributed by atoms with van der Waals surface area (Å²) in [6.07, 6.45) is 0. The molecule has 0 fully saturated rings. The van der Waals surface area contributed by atoms with Crippen LogP contribution in [0.4, 0.5) is 4.79 Å². The van der Waals surface area contributed by atoms with Crippen LogP contribution in [0, 0.1) is 0 Å². The van der Waals surface area contributed by atoms with E-state index < -0.39 is 6.03 Å². The second-order valence-corrected chi connectivity index (χ2v) is 1.43. The molecule has 0 aromatic heterocycles. The quantitative estimate of drug-likeness (QED) is 0.508. The smallest absolute Gasteiger partial charge is 0.382 e. The van der Waals surface area contributed by atoms with Crippen LogP contribution in [-0.2, 0) is 0 Å². The van der Waals surface area contributed by atoms with Crippen molar-refractivity contribution in [2.24, 2.45) is 21.0 Å². The Hall–Kier alpha value is -1.52. The van der Waals surface area contributed by atoms with Gasteiger partial charge in [0, 0.05) is 0 Å². The normalized spacial score (nSPS) is 18.0. The topological polar surface area (TPSA) is 80.2 Å². The summed E-state index contributed by atoms with van der Waals surface area (Å²) in [6.45, 7) is 3.36. The summed E-state index contributed by atoms with van der Waals surface area (Å²) < 4.78 is 0. The van der Waals surface area contributed by atoms with Crippen LogP contribution in [0.3, 0.4) is 0 Å². The number of azo groups is 1. The number of urea groups is 1. The van der Waals surface area contributed by atoms with Gasteiger partial charge in [-0.15, -0.1) is 5.11 Å². The molecule has 0 spiro atoms. The second-order valence-electron chi connectivity index (χ2n) is 1.43. The molecule has 46 valence electrons. The lowest BCUT2D eigenvalue weighted by atomic mass is 10.5. The summed E-state index contributed by atoms with van der Waals surface area (Å²) in [7, 11) is 0. The van der Waals surface area contributed by atoms with Crippen LogP contribution in [0.5, 0.6) is 0 Å². The SMILES string of the molecule is C=C1N=NC(=O)N=C1N. The van der Waals surface area contributed by atoms with Gasteiger partial charge in [-0.05, 0) is 0 Å². The minimum Gasteiger partial charge on any atom is -0.382 e. The fourth-order valence-corrected chi connectivity index (χ4v) is 0.344. The predicted molar refractivity (Wildman–Crippen MR) is 31.0 cm³/mol. The van der Waals surface area contributed by atoms with Crippen molar-refractivity contribution >= 4 is 11.9 Å². The fourth-order valence-electron chi connectivity index (χ4n) is 0.344. The molecule has 2 N–H and O–H groups in total. The molecule has 1 heterocycles. The second kappa shape index (κ2) is 1.77. The van der Waals surface area contributed by atoms with E-state index in [1.165, 1.54) is 0 Å². The maximum absolute atomic E-state index is 10.2. The van der Waals surface area contributed by atoms with E-state index in [0.717, 1.165) is 0 Å². The van der Waals surface area contributed by atoms with Crippen LogP contribution in [-0.4, -0.2) is 11.9 Å². The lowest BCUT2D eigenvalue weighted by molar-refractivity contribution is 0.255. The summed E-state index contributed by atoms with van der Waals surface area (Å²) in [5.74, 6) is 0.0370. The Morgan fingerprint density at radius 3 is 2.56 bits per heavy atom. The van der Waals surface area contributed by atoms with Gasteiger partial charge in [-0.1, -0.05) is 11.7 Å². The number of hydrogen-bond donors (Lipinski definition) is 1. The molecule has 9 heavy (non-hydrogen) atoms. The first kappa shape index (κ1) is 5.61. The first-order valence-electron chi connectivity index (χ1n) is 2.19. The van der Waals surface area contributed by atoms with E-state index in [2.05, 4.69) is 21.8 Å². The summed E-state index contributed by atoms with van der Waals surface area (Å²) in [5.41, 5.74) is 5.38. The Morgan fingerprint density at radius 1 is 1.44 bits per heavy atom. The highest BCUT2D eigenvalue weighted by molar-refractivity contribution is 6.04. The summed E-state index contributed by atoms with van der Waals surface area (Å²) in [6, 6.07) is -0.681. The molecule has 2 amide bonds. The van der Waals surface area contributed by atoms with Gasteiger partial charge in [0.25, 0.3) is 0 Å². The largest absolute Gasteiger partial charge is 0.387 e. The monoisotopic (exact) mass is 124 g/mol. The lowest BCUT2D eigenvalue weighted by Crippen LogP contribution is -2.16. The zero-order chi connectivity index (χ0) is 6.85. The molecule has 1 aliphatic heterocycles. The zero-order valence-electron chi connectivity index (χ0n) is 4.53. The molecule has 1 rings (SSSR count). The van der Waals surface area contributed by atoms with E-state index in [0.29, 0.717) is 0 Å². The van der Waals surface area contributed by atoms with Crippen LogP contribution in [0.25, 0.3) is 0 Å². The molecular weight excluding hydrogens is 120 g/mol. The Balaban J connectivity index is 2.95. The van der Waals surface area contributed by atoms with Crippen molar-refractivity contribution in [1.29, 1.82) is 0 Å². The number of nitrogens with zero attached hydrogens (tertiary/aromatic N) is 3. The highest BCUT2D eigenvalue weighted by Crippen LogP contribution is 2.01. The highest BCUT2D eigenvalue weighted by atomic mass is 16.2. The Morgan fingerprint density at radius 2 is 2.11 bits per heavy atom. The molecule has 0 aromatic rings. The van der Waals surface area contributed by atoms with E-state index in [4.69, 9.17) is 5.73 Å². The molecule has 5 heteroatoms. The molecular formula is C4H4N4O. The summed E-state index contributed by atoms with van der Waals surface area (Å²) in [4.78, 5) is 13.5.